The largest absolute Gasteiger partial charge is 0.363 e. The predicted octanol–water partition coefficient (Wildman–Crippen LogP) is 2.15. The lowest BCUT2D eigenvalue weighted by Gasteiger charge is -2.35. The first-order valence-electron chi connectivity index (χ1n) is 9.61. The third-order valence-corrected chi connectivity index (χ3v) is 5.19. The van der Waals surface area contributed by atoms with Crippen LogP contribution < -0.4 is 9.80 Å². The van der Waals surface area contributed by atoms with Crippen LogP contribution in [0.3, 0.4) is 0 Å². The number of nitrogens with zero attached hydrogens (tertiary/aromatic N) is 6. The maximum atomic E-state index is 12.8. The van der Waals surface area contributed by atoms with Crippen LogP contribution in [-0.4, -0.2) is 65.6 Å². The first-order valence-corrected chi connectivity index (χ1v) is 9.61. The summed E-state index contributed by atoms with van der Waals surface area (Å²) in [7, 11) is 3.96. The molecule has 3 heterocycles. The smallest absolute Gasteiger partial charge is 0.242 e. The Morgan fingerprint density at radius 1 is 1.07 bits per heavy atom. The summed E-state index contributed by atoms with van der Waals surface area (Å²) < 4.78 is 2.02. The van der Waals surface area contributed by atoms with Gasteiger partial charge in [-0.3, -0.25) is 4.79 Å². The fourth-order valence-corrected chi connectivity index (χ4v) is 3.59. The number of carbonyl (C=O) groups excluding carboxylic acids is 1. The quantitative estimate of drug-likeness (QED) is 0.696. The van der Waals surface area contributed by atoms with E-state index in [1.807, 2.05) is 59.8 Å². The minimum atomic E-state index is 0.153. The van der Waals surface area contributed by atoms with E-state index in [0.717, 1.165) is 41.5 Å². The first kappa shape index (κ1) is 18.3. The maximum Gasteiger partial charge on any atom is 0.242 e. The molecule has 1 aromatic carbocycles. The lowest BCUT2D eigenvalue weighted by molar-refractivity contribution is -0.132. The number of amides is 1. The van der Waals surface area contributed by atoms with Crippen molar-refractivity contribution in [2.75, 3.05) is 50.1 Å². The van der Waals surface area contributed by atoms with Crippen LogP contribution in [0.1, 0.15) is 5.69 Å². The Hall–Kier alpha value is -3.09. The van der Waals surface area contributed by atoms with Gasteiger partial charge < -0.3 is 19.3 Å². The second-order valence-corrected chi connectivity index (χ2v) is 7.43. The monoisotopic (exact) mass is 378 g/mol. The third-order valence-electron chi connectivity index (χ3n) is 5.19. The Balaban J connectivity index is 1.41. The fourth-order valence-electron chi connectivity index (χ4n) is 3.59. The number of carbonyl (C=O) groups is 1. The van der Waals surface area contributed by atoms with Crippen LogP contribution in [0.4, 0.5) is 11.8 Å². The van der Waals surface area contributed by atoms with Crippen LogP contribution in [0.25, 0.3) is 10.9 Å². The summed E-state index contributed by atoms with van der Waals surface area (Å²) in [6.07, 6.45) is 1.99. The molecule has 4 rings (SSSR count). The van der Waals surface area contributed by atoms with Crippen LogP contribution in [-0.2, 0) is 11.3 Å². The van der Waals surface area contributed by atoms with Crippen LogP contribution in [0.5, 0.6) is 0 Å². The zero-order chi connectivity index (χ0) is 19.7. The van der Waals surface area contributed by atoms with Gasteiger partial charge in [-0.1, -0.05) is 18.2 Å². The molecule has 0 atom stereocenters. The Morgan fingerprint density at radius 2 is 1.82 bits per heavy atom. The second kappa shape index (κ2) is 7.50. The highest BCUT2D eigenvalue weighted by molar-refractivity contribution is 5.83. The zero-order valence-corrected chi connectivity index (χ0v) is 16.7. The summed E-state index contributed by atoms with van der Waals surface area (Å²) in [5, 5.41) is 1.16. The van der Waals surface area contributed by atoms with E-state index in [1.54, 1.807) is 0 Å². The van der Waals surface area contributed by atoms with E-state index in [0.29, 0.717) is 19.6 Å². The maximum absolute atomic E-state index is 12.8. The van der Waals surface area contributed by atoms with Gasteiger partial charge in [-0.05, 0) is 24.4 Å². The molecule has 0 bridgehead atoms. The molecule has 0 N–H and O–H groups in total. The molecule has 2 aromatic heterocycles. The summed E-state index contributed by atoms with van der Waals surface area (Å²) in [6, 6.07) is 12.2. The molecule has 0 aliphatic carbocycles. The molecule has 7 nitrogen and oxygen atoms in total. The number of piperazine rings is 1. The Bertz CT molecular complexity index is 987. The molecular formula is C21H26N6O. The van der Waals surface area contributed by atoms with Crippen LogP contribution >= 0.6 is 0 Å². The molecule has 1 aliphatic heterocycles. The number of aryl methyl sites for hydroxylation is 1. The van der Waals surface area contributed by atoms with Gasteiger partial charge in [0.2, 0.25) is 11.9 Å². The number of rotatable bonds is 4. The lowest BCUT2D eigenvalue weighted by Crippen LogP contribution is -2.50. The van der Waals surface area contributed by atoms with Crippen LogP contribution in [0.2, 0.25) is 0 Å². The van der Waals surface area contributed by atoms with E-state index >= 15 is 0 Å². The second-order valence-electron chi connectivity index (χ2n) is 7.43. The summed E-state index contributed by atoms with van der Waals surface area (Å²) in [5.41, 5.74) is 2.05. The Labute approximate surface area is 165 Å². The minimum Gasteiger partial charge on any atom is -0.363 e. The third kappa shape index (κ3) is 3.65. The summed E-state index contributed by atoms with van der Waals surface area (Å²) in [5.74, 6) is 1.80. The molecule has 3 aromatic rings. The van der Waals surface area contributed by atoms with Gasteiger partial charge in [0.25, 0.3) is 0 Å². The van der Waals surface area contributed by atoms with Crippen molar-refractivity contribution in [3.63, 3.8) is 0 Å². The molecule has 1 fully saturated rings. The van der Waals surface area contributed by atoms with Gasteiger partial charge in [0.1, 0.15) is 12.4 Å². The van der Waals surface area contributed by atoms with Gasteiger partial charge in [-0.15, -0.1) is 0 Å². The van der Waals surface area contributed by atoms with Crippen LogP contribution in [0, 0.1) is 6.92 Å². The van der Waals surface area contributed by atoms with Gasteiger partial charge in [-0.25, -0.2) is 4.98 Å². The highest BCUT2D eigenvalue weighted by Gasteiger charge is 2.23. The zero-order valence-electron chi connectivity index (χ0n) is 16.7. The van der Waals surface area contributed by atoms with Crippen molar-refractivity contribution in [3.05, 3.63) is 48.3 Å². The lowest BCUT2D eigenvalue weighted by atomic mass is 10.2. The normalized spacial score (nSPS) is 14.5. The average Bonchev–Trinajstić information content (AvgIpc) is 3.10. The highest BCUT2D eigenvalue weighted by Crippen LogP contribution is 2.18. The minimum absolute atomic E-state index is 0.153. The van der Waals surface area contributed by atoms with E-state index in [9.17, 15) is 4.79 Å². The van der Waals surface area contributed by atoms with Crippen molar-refractivity contribution in [1.29, 1.82) is 0 Å². The van der Waals surface area contributed by atoms with Gasteiger partial charge in [0.05, 0.1) is 0 Å². The molecule has 7 heteroatoms. The summed E-state index contributed by atoms with van der Waals surface area (Å²) in [4.78, 5) is 28.1. The molecule has 1 saturated heterocycles. The molecule has 1 amide bonds. The van der Waals surface area contributed by atoms with Crippen molar-refractivity contribution in [1.82, 2.24) is 19.4 Å². The predicted molar refractivity (Wildman–Crippen MR) is 112 cm³/mol. The Kier molecular flexibility index (Phi) is 4.90. The number of aromatic nitrogens is 3. The van der Waals surface area contributed by atoms with E-state index in [4.69, 9.17) is 0 Å². The van der Waals surface area contributed by atoms with E-state index < -0.39 is 0 Å². The number of para-hydroxylation sites is 1. The van der Waals surface area contributed by atoms with Gasteiger partial charge in [-0.2, -0.15) is 4.98 Å². The SMILES string of the molecule is Cc1cc(N(C)C)nc(N2CCN(C(=O)Cn3ccc4ccccc43)CC2)n1. The van der Waals surface area contributed by atoms with E-state index in [-0.39, 0.29) is 5.91 Å². The molecular weight excluding hydrogens is 352 g/mol. The Morgan fingerprint density at radius 3 is 2.57 bits per heavy atom. The molecule has 0 radical (unpaired) electrons. The number of benzene rings is 1. The molecule has 0 spiro atoms. The number of fused-ring (bicyclic) bond motifs is 1. The number of hydrogen-bond acceptors (Lipinski definition) is 5. The van der Waals surface area contributed by atoms with Gasteiger partial charge >= 0.3 is 0 Å². The first-order chi connectivity index (χ1) is 13.5. The van der Waals surface area contributed by atoms with E-state index in [2.05, 4.69) is 33.1 Å². The topological polar surface area (TPSA) is 57.5 Å². The van der Waals surface area contributed by atoms with Gasteiger partial charge in [0, 0.05) is 63.7 Å². The number of anilines is 2. The van der Waals surface area contributed by atoms with Crippen molar-refractivity contribution in [2.45, 2.75) is 13.5 Å². The molecule has 1 aliphatic rings. The fraction of sp³-hybridized carbons (Fsp3) is 0.381. The number of hydrogen-bond donors (Lipinski definition) is 0. The average molecular weight is 378 g/mol. The molecule has 0 saturated carbocycles. The summed E-state index contributed by atoms with van der Waals surface area (Å²) in [6.45, 7) is 5.22. The van der Waals surface area contributed by atoms with Crippen LogP contribution in [0.15, 0.2) is 42.6 Å². The molecule has 28 heavy (non-hydrogen) atoms. The standard InChI is InChI=1S/C21H26N6O/c1-16-14-19(24(2)3)23-21(22-16)26-12-10-25(11-13-26)20(28)15-27-9-8-17-6-4-5-7-18(17)27/h4-9,14H,10-13,15H2,1-3H3. The van der Waals surface area contributed by atoms with Crippen molar-refractivity contribution in [2.24, 2.45) is 0 Å². The summed E-state index contributed by atoms with van der Waals surface area (Å²) >= 11 is 0. The van der Waals surface area contributed by atoms with Crippen molar-refractivity contribution >= 4 is 28.6 Å². The van der Waals surface area contributed by atoms with E-state index in [1.165, 1.54) is 0 Å². The molecule has 146 valence electrons. The highest BCUT2D eigenvalue weighted by atomic mass is 16.2. The van der Waals surface area contributed by atoms with Crippen molar-refractivity contribution < 1.29 is 4.79 Å². The van der Waals surface area contributed by atoms with Crippen molar-refractivity contribution in [3.8, 4) is 0 Å². The molecule has 0 unspecified atom stereocenters. The van der Waals surface area contributed by atoms with Gasteiger partial charge in [0.15, 0.2) is 0 Å².